The maximum atomic E-state index is 11.9. The van der Waals surface area contributed by atoms with E-state index in [0.29, 0.717) is 6.54 Å². The van der Waals surface area contributed by atoms with Gasteiger partial charge in [-0.25, -0.2) is 0 Å². The first-order chi connectivity index (χ1) is 8.20. The fraction of sp³-hybridized carbons (Fsp3) is 0.462. The highest BCUT2D eigenvalue weighted by molar-refractivity contribution is 5.95. The standard InChI is InChI=1S/C13H18N2O2/c1-9(17-2)8-15-13(16)11-3-4-12-10(7-11)5-6-14-12/h3-4,7,9,14H,5-6,8H2,1-2H3,(H,15,16). The molecule has 17 heavy (non-hydrogen) atoms. The number of nitrogens with one attached hydrogen (secondary N) is 2. The summed E-state index contributed by atoms with van der Waals surface area (Å²) < 4.78 is 5.09. The summed E-state index contributed by atoms with van der Waals surface area (Å²) in [6.45, 7) is 3.42. The Hall–Kier alpha value is -1.55. The van der Waals surface area contributed by atoms with Gasteiger partial charge in [-0.05, 0) is 37.1 Å². The number of amides is 1. The second-order valence-electron chi connectivity index (χ2n) is 4.31. The van der Waals surface area contributed by atoms with Crippen molar-refractivity contribution < 1.29 is 9.53 Å². The van der Waals surface area contributed by atoms with Gasteiger partial charge in [-0.3, -0.25) is 4.79 Å². The van der Waals surface area contributed by atoms with E-state index in [1.807, 2.05) is 25.1 Å². The molecule has 1 aliphatic heterocycles. The number of hydrogen-bond donors (Lipinski definition) is 2. The SMILES string of the molecule is COC(C)CNC(=O)c1ccc2c(c1)CCN2. The van der Waals surface area contributed by atoms with Crippen LogP contribution in [0.25, 0.3) is 0 Å². The van der Waals surface area contributed by atoms with Gasteiger partial charge < -0.3 is 15.4 Å². The molecule has 0 aliphatic carbocycles. The lowest BCUT2D eigenvalue weighted by Gasteiger charge is -2.11. The van der Waals surface area contributed by atoms with Crippen molar-refractivity contribution in [2.45, 2.75) is 19.4 Å². The molecule has 2 N–H and O–H groups in total. The lowest BCUT2D eigenvalue weighted by atomic mass is 10.1. The van der Waals surface area contributed by atoms with Crippen LogP contribution in [0, 0.1) is 0 Å². The zero-order valence-corrected chi connectivity index (χ0v) is 10.2. The van der Waals surface area contributed by atoms with E-state index in [9.17, 15) is 4.79 Å². The third-order valence-electron chi connectivity index (χ3n) is 3.03. The first-order valence-electron chi connectivity index (χ1n) is 5.88. The van der Waals surface area contributed by atoms with Crippen LogP contribution in [0.5, 0.6) is 0 Å². The minimum absolute atomic E-state index is 0.0371. The minimum atomic E-state index is -0.0383. The zero-order valence-electron chi connectivity index (χ0n) is 10.2. The van der Waals surface area contributed by atoms with Crippen molar-refractivity contribution in [3.63, 3.8) is 0 Å². The van der Waals surface area contributed by atoms with Crippen LogP contribution in [-0.4, -0.2) is 32.2 Å². The van der Waals surface area contributed by atoms with Gasteiger partial charge in [0.2, 0.25) is 0 Å². The summed E-state index contributed by atoms with van der Waals surface area (Å²) in [5.41, 5.74) is 3.08. The van der Waals surface area contributed by atoms with E-state index in [0.717, 1.165) is 24.2 Å². The molecule has 2 rings (SSSR count). The number of rotatable bonds is 4. The molecule has 0 aromatic heterocycles. The fourth-order valence-electron chi connectivity index (χ4n) is 1.87. The zero-order chi connectivity index (χ0) is 12.3. The van der Waals surface area contributed by atoms with E-state index in [4.69, 9.17) is 4.74 Å². The van der Waals surface area contributed by atoms with Crippen LogP contribution in [0.1, 0.15) is 22.8 Å². The molecule has 0 fully saturated rings. The second-order valence-corrected chi connectivity index (χ2v) is 4.31. The molecule has 0 radical (unpaired) electrons. The molecule has 1 aromatic carbocycles. The predicted octanol–water partition coefficient (Wildman–Crippen LogP) is 1.42. The number of ether oxygens (including phenoxy) is 1. The number of methoxy groups -OCH3 is 1. The number of fused-ring (bicyclic) bond motifs is 1. The van der Waals surface area contributed by atoms with Crippen LogP contribution < -0.4 is 10.6 Å². The first kappa shape index (κ1) is 11.9. The Kier molecular flexibility index (Phi) is 3.64. The van der Waals surface area contributed by atoms with Crippen LogP contribution in [-0.2, 0) is 11.2 Å². The molecule has 1 unspecified atom stereocenters. The van der Waals surface area contributed by atoms with Gasteiger partial charge in [0.25, 0.3) is 5.91 Å². The molecular formula is C13H18N2O2. The molecule has 1 heterocycles. The van der Waals surface area contributed by atoms with Gasteiger partial charge in [0.15, 0.2) is 0 Å². The van der Waals surface area contributed by atoms with Crippen molar-refractivity contribution in [1.29, 1.82) is 0 Å². The van der Waals surface area contributed by atoms with Crippen LogP contribution in [0.4, 0.5) is 5.69 Å². The van der Waals surface area contributed by atoms with Crippen LogP contribution >= 0.6 is 0 Å². The van der Waals surface area contributed by atoms with Crippen LogP contribution in [0.2, 0.25) is 0 Å². The summed E-state index contributed by atoms with van der Waals surface area (Å²) in [6.07, 6.45) is 1.03. The molecular weight excluding hydrogens is 216 g/mol. The summed E-state index contributed by atoms with van der Waals surface area (Å²) in [6, 6.07) is 5.78. The van der Waals surface area contributed by atoms with Crippen molar-refractivity contribution in [2.24, 2.45) is 0 Å². The number of hydrogen-bond acceptors (Lipinski definition) is 3. The summed E-state index contributed by atoms with van der Waals surface area (Å²) in [7, 11) is 1.64. The highest BCUT2D eigenvalue weighted by Crippen LogP contribution is 2.22. The van der Waals surface area contributed by atoms with Crippen molar-refractivity contribution in [3.8, 4) is 0 Å². The molecule has 4 heteroatoms. The third-order valence-corrected chi connectivity index (χ3v) is 3.03. The van der Waals surface area contributed by atoms with Gasteiger partial charge in [-0.1, -0.05) is 0 Å². The Morgan fingerprint density at radius 3 is 3.18 bits per heavy atom. The lowest BCUT2D eigenvalue weighted by Crippen LogP contribution is -2.31. The van der Waals surface area contributed by atoms with Crippen molar-refractivity contribution >= 4 is 11.6 Å². The van der Waals surface area contributed by atoms with Gasteiger partial charge >= 0.3 is 0 Å². The number of anilines is 1. The molecule has 0 spiro atoms. The van der Waals surface area contributed by atoms with Gasteiger partial charge in [0.1, 0.15) is 0 Å². The van der Waals surface area contributed by atoms with Crippen molar-refractivity contribution in [2.75, 3.05) is 25.5 Å². The van der Waals surface area contributed by atoms with Crippen LogP contribution in [0.15, 0.2) is 18.2 Å². The summed E-state index contributed by atoms with van der Waals surface area (Å²) >= 11 is 0. The lowest BCUT2D eigenvalue weighted by molar-refractivity contribution is 0.0870. The van der Waals surface area contributed by atoms with Crippen molar-refractivity contribution in [3.05, 3.63) is 29.3 Å². The highest BCUT2D eigenvalue weighted by atomic mass is 16.5. The Morgan fingerprint density at radius 1 is 1.59 bits per heavy atom. The largest absolute Gasteiger partial charge is 0.384 e. The predicted molar refractivity (Wildman–Crippen MR) is 67.4 cm³/mol. The second kappa shape index (κ2) is 5.19. The Labute approximate surface area is 101 Å². The van der Waals surface area contributed by atoms with E-state index >= 15 is 0 Å². The molecule has 1 aliphatic rings. The monoisotopic (exact) mass is 234 g/mol. The normalized spacial score (nSPS) is 14.9. The maximum Gasteiger partial charge on any atom is 0.251 e. The molecule has 1 amide bonds. The maximum absolute atomic E-state index is 11.9. The average Bonchev–Trinajstić information content (AvgIpc) is 2.82. The molecule has 92 valence electrons. The molecule has 1 aromatic rings. The Morgan fingerprint density at radius 2 is 2.41 bits per heavy atom. The third kappa shape index (κ3) is 2.77. The Bertz CT molecular complexity index is 418. The number of carbonyl (C=O) groups excluding carboxylic acids is 1. The van der Waals surface area contributed by atoms with E-state index in [2.05, 4.69) is 10.6 Å². The first-order valence-corrected chi connectivity index (χ1v) is 5.88. The van der Waals surface area contributed by atoms with Gasteiger partial charge in [0.05, 0.1) is 6.10 Å². The summed E-state index contributed by atoms with van der Waals surface area (Å²) in [4.78, 5) is 11.9. The van der Waals surface area contributed by atoms with E-state index in [1.165, 1.54) is 5.56 Å². The quantitative estimate of drug-likeness (QED) is 0.828. The Balaban J connectivity index is 2.00. The summed E-state index contributed by atoms with van der Waals surface area (Å²) in [5.74, 6) is -0.0383. The van der Waals surface area contributed by atoms with Crippen LogP contribution in [0.3, 0.4) is 0 Å². The van der Waals surface area contributed by atoms with E-state index in [1.54, 1.807) is 7.11 Å². The van der Waals surface area contributed by atoms with Gasteiger partial charge in [-0.15, -0.1) is 0 Å². The highest BCUT2D eigenvalue weighted by Gasteiger charge is 2.13. The molecule has 1 atom stereocenters. The molecule has 0 bridgehead atoms. The number of carbonyl (C=O) groups is 1. The van der Waals surface area contributed by atoms with E-state index < -0.39 is 0 Å². The average molecular weight is 234 g/mol. The number of benzene rings is 1. The molecule has 4 nitrogen and oxygen atoms in total. The topological polar surface area (TPSA) is 50.4 Å². The minimum Gasteiger partial charge on any atom is -0.384 e. The molecule has 0 saturated heterocycles. The van der Waals surface area contributed by atoms with E-state index in [-0.39, 0.29) is 12.0 Å². The smallest absolute Gasteiger partial charge is 0.251 e. The molecule has 0 saturated carbocycles. The van der Waals surface area contributed by atoms with Gasteiger partial charge in [0, 0.05) is 31.5 Å². The summed E-state index contributed by atoms with van der Waals surface area (Å²) in [5, 5.41) is 6.13. The van der Waals surface area contributed by atoms with Gasteiger partial charge in [-0.2, -0.15) is 0 Å². The fourth-order valence-corrected chi connectivity index (χ4v) is 1.87. The van der Waals surface area contributed by atoms with Crippen molar-refractivity contribution in [1.82, 2.24) is 5.32 Å².